The van der Waals surface area contributed by atoms with Crippen molar-refractivity contribution in [2.75, 3.05) is 6.54 Å². The lowest BCUT2D eigenvalue weighted by Crippen LogP contribution is -2.40. The zero-order valence-corrected chi connectivity index (χ0v) is 15.0. The molecule has 5 nitrogen and oxygen atoms in total. The largest absolute Gasteiger partial charge is 0.348 e. The number of nitrogens with zero attached hydrogens (tertiary/aromatic N) is 1. The molecule has 0 radical (unpaired) electrons. The van der Waals surface area contributed by atoms with Crippen molar-refractivity contribution in [1.82, 2.24) is 10.2 Å². The quantitative estimate of drug-likeness (QED) is 0.821. The molecule has 0 aromatic heterocycles. The molecule has 2 aromatic rings. The molecule has 1 fully saturated rings. The second-order valence-electron chi connectivity index (χ2n) is 5.88. The Labute approximate surface area is 156 Å². The third-order valence-corrected chi connectivity index (χ3v) is 4.86. The Hall–Kier alpha value is -2.86. The molecule has 1 aliphatic rings. The van der Waals surface area contributed by atoms with Gasteiger partial charge in [-0.15, -0.1) is 0 Å². The standard InChI is InChI=1S/C20H18N2O3S/c1-14(16-10-6-3-7-11-16)21-18(23)13-22-19(24)17(26-20(22)25)12-15-8-4-2-5-9-15/h2-12,14H,13H2,1H3,(H,21,23)/b17-12+. The second-order valence-corrected chi connectivity index (χ2v) is 6.87. The smallest absolute Gasteiger partial charge is 0.294 e. The topological polar surface area (TPSA) is 66.5 Å². The molecule has 1 heterocycles. The predicted molar refractivity (Wildman–Crippen MR) is 102 cm³/mol. The van der Waals surface area contributed by atoms with Gasteiger partial charge in [-0.1, -0.05) is 60.7 Å². The molecule has 3 rings (SSSR count). The summed E-state index contributed by atoms with van der Waals surface area (Å²) in [6.07, 6.45) is 1.66. The Morgan fingerprint density at radius 1 is 1.08 bits per heavy atom. The SMILES string of the molecule is CC(NC(=O)CN1C(=O)S/C(=C/c2ccccc2)C1=O)c1ccccc1. The number of carbonyl (C=O) groups excluding carboxylic acids is 3. The van der Waals surface area contributed by atoms with Crippen LogP contribution >= 0.6 is 11.8 Å². The number of benzene rings is 2. The van der Waals surface area contributed by atoms with Crippen LogP contribution in [-0.4, -0.2) is 28.5 Å². The molecular formula is C20H18N2O3S. The molecule has 132 valence electrons. The maximum atomic E-state index is 12.4. The van der Waals surface area contributed by atoms with Crippen molar-refractivity contribution in [2.45, 2.75) is 13.0 Å². The van der Waals surface area contributed by atoms with Crippen LogP contribution in [0.2, 0.25) is 0 Å². The molecular weight excluding hydrogens is 348 g/mol. The summed E-state index contributed by atoms with van der Waals surface area (Å²) in [5, 5.41) is 2.38. The van der Waals surface area contributed by atoms with Crippen LogP contribution in [0.25, 0.3) is 6.08 Å². The fourth-order valence-electron chi connectivity index (χ4n) is 2.59. The highest BCUT2D eigenvalue weighted by Crippen LogP contribution is 2.31. The molecule has 1 saturated heterocycles. The lowest BCUT2D eigenvalue weighted by atomic mass is 10.1. The first-order valence-electron chi connectivity index (χ1n) is 8.19. The van der Waals surface area contributed by atoms with E-state index in [0.717, 1.165) is 27.8 Å². The van der Waals surface area contributed by atoms with Gasteiger partial charge < -0.3 is 5.32 Å². The number of thioether (sulfide) groups is 1. The van der Waals surface area contributed by atoms with E-state index < -0.39 is 11.1 Å². The third-order valence-electron chi connectivity index (χ3n) is 3.95. The van der Waals surface area contributed by atoms with Gasteiger partial charge in [-0.25, -0.2) is 0 Å². The first-order valence-corrected chi connectivity index (χ1v) is 9.01. The minimum atomic E-state index is -0.439. The van der Waals surface area contributed by atoms with Crippen molar-refractivity contribution < 1.29 is 14.4 Å². The van der Waals surface area contributed by atoms with Crippen LogP contribution in [0.5, 0.6) is 0 Å². The Bertz CT molecular complexity index is 850. The molecule has 6 heteroatoms. The van der Waals surface area contributed by atoms with E-state index in [-0.39, 0.29) is 18.5 Å². The van der Waals surface area contributed by atoms with Crippen molar-refractivity contribution in [3.05, 3.63) is 76.7 Å². The highest BCUT2D eigenvalue weighted by Gasteiger charge is 2.36. The minimum absolute atomic E-state index is 0.205. The van der Waals surface area contributed by atoms with Crippen molar-refractivity contribution >= 4 is 34.9 Å². The van der Waals surface area contributed by atoms with E-state index in [1.165, 1.54) is 0 Å². The summed E-state index contributed by atoms with van der Waals surface area (Å²) in [7, 11) is 0. The Morgan fingerprint density at radius 2 is 1.69 bits per heavy atom. The summed E-state index contributed by atoms with van der Waals surface area (Å²) in [4.78, 5) is 38.1. The van der Waals surface area contributed by atoms with Gasteiger partial charge in [-0.3, -0.25) is 19.3 Å². The zero-order chi connectivity index (χ0) is 18.5. The molecule has 3 amide bonds. The van der Waals surface area contributed by atoms with E-state index in [1.807, 2.05) is 67.6 Å². The van der Waals surface area contributed by atoms with E-state index in [9.17, 15) is 14.4 Å². The molecule has 2 aromatic carbocycles. The highest BCUT2D eigenvalue weighted by molar-refractivity contribution is 8.18. The Morgan fingerprint density at radius 3 is 2.35 bits per heavy atom. The van der Waals surface area contributed by atoms with Gasteiger partial charge in [0.05, 0.1) is 10.9 Å². The van der Waals surface area contributed by atoms with E-state index in [4.69, 9.17) is 0 Å². The highest BCUT2D eigenvalue weighted by atomic mass is 32.2. The second kappa shape index (κ2) is 8.01. The van der Waals surface area contributed by atoms with Gasteiger partial charge in [0, 0.05) is 0 Å². The molecule has 0 spiro atoms. The molecule has 1 unspecified atom stereocenters. The Balaban J connectivity index is 1.64. The van der Waals surface area contributed by atoms with Crippen LogP contribution in [-0.2, 0) is 9.59 Å². The van der Waals surface area contributed by atoms with Gasteiger partial charge in [-0.2, -0.15) is 0 Å². The number of hydrogen-bond acceptors (Lipinski definition) is 4. The van der Waals surface area contributed by atoms with Gasteiger partial charge in [0.15, 0.2) is 0 Å². The van der Waals surface area contributed by atoms with Crippen molar-refractivity contribution in [3.8, 4) is 0 Å². The fourth-order valence-corrected chi connectivity index (χ4v) is 3.43. The average molecular weight is 366 g/mol. The number of rotatable bonds is 5. The average Bonchev–Trinajstić information content (AvgIpc) is 2.90. The molecule has 0 aliphatic carbocycles. The van der Waals surface area contributed by atoms with Gasteiger partial charge >= 0.3 is 0 Å². The lowest BCUT2D eigenvalue weighted by Gasteiger charge is -2.17. The van der Waals surface area contributed by atoms with Crippen LogP contribution in [0, 0.1) is 0 Å². The van der Waals surface area contributed by atoms with Crippen LogP contribution in [0.3, 0.4) is 0 Å². The summed E-state index contributed by atoms with van der Waals surface area (Å²) in [5.74, 6) is -0.809. The number of carbonyl (C=O) groups is 3. The minimum Gasteiger partial charge on any atom is -0.348 e. The number of hydrogen-bond donors (Lipinski definition) is 1. The van der Waals surface area contributed by atoms with Gasteiger partial charge in [-0.05, 0) is 35.9 Å². The van der Waals surface area contributed by atoms with Crippen LogP contribution in [0.1, 0.15) is 24.1 Å². The van der Waals surface area contributed by atoms with E-state index in [2.05, 4.69) is 5.32 Å². The molecule has 1 atom stereocenters. The van der Waals surface area contributed by atoms with Crippen molar-refractivity contribution in [1.29, 1.82) is 0 Å². The molecule has 1 aliphatic heterocycles. The van der Waals surface area contributed by atoms with E-state index in [1.54, 1.807) is 6.08 Å². The number of amides is 3. The first-order chi connectivity index (χ1) is 12.5. The summed E-state index contributed by atoms with van der Waals surface area (Å²) < 4.78 is 0. The maximum absolute atomic E-state index is 12.4. The summed E-state index contributed by atoms with van der Waals surface area (Å²) in [6.45, 7) is 1.57. The van der Waals surface area contributed by atoms with Crippen LogP contribution in [0.15, 0.2) is 65.6 Å². The van der Waals surface area contributed by atoms with Crippen molar-refractivity contribution in [3.63, 3.8) is 0 Å². The summed E-state index contributed by atoms with van der Waals surface area (Å²) in [6, 6.07) is 18.6. The lowest BCUT2D eigenvalue weighted by molar-refractivity contribution is -0.129. The predicted octanol–water partition coefficient (Wildman–Crippen LogP) is 3.60. The van der Waals surface area contributed by atoms with E-state index in [0.29, 0.717) is 4.91 Å². The zero-order valence-electron chi connectivity index (χ0n) is 14.2. The first kappa shape index (κ1) is 17.9. The number of nitrogens with one attached hydrogen (secondary N) is 1. The normalized spacial score (nSPS) is 16.8. The Kier molecular flexibility index (Phi) is 5.53. The molecule has 26 heavy (non-hydrogen) atoms. The third kappa shape index (κ3) is 4.21. The monoisotopic (exact) mass is 366 g/mol. The summed E-state index contributed by atoms with van der Waals surface area (Å²) >= 11 is 0.852. The summed E-state index contributed by atoms with van der Waals surface area (Å²) in [5.41, 5.74) is 1.79. The van der Waals surface area contributed by atoms with Crippen LogP contribution < -0.4 is 5.32 Å². The van der Waals surface area contributed by atoms with Gasteiger partial charge in [0.2, 0.25) is 5.91 Å². The maximum Gasteiger partial charge on any atom is 0.294 e. The molecule has 0 saturated carbocycles. The fraction of sp³-hybridized carbons (Fsp3) is 0.150. The van der Waals surface area contributed by atoms with E-state index >= 15 is 0 Å². The van der Waals surface area contributed by atoms with Gasteiger partial charge in [0.25, 0.3) is 11.1 Å². The molecule has 0 bridgehead atoms. The van der Waals surface area contributed by atoms with Crippen LogP contribution in [0.4, 0.5) is 4.79 Å². The number of imide groups is 1. The van der Waals surface area contributed by atoms with Gasteiger partial charge in [0.1, 0.15) is 6.54 Å². The van der Waals surface area contributed by atoms with Crippen molar-refractivity contribution in [2.24, 2.45) is 0 Å². The molecule has 1 N–H and O–H groups in total.